The maximum Gasteiger partial charge on any atom is 0.326 e. The summed E-state index contributed by atoms with van der Waals surface area (Å²) < 4.78 is 28.7. The molecule has 0 N–H and O–H groups in total. The maximum atomic E-state index is 12.0. The van der Waals surface area contributed by atoms with Crippen LogP contribution in [0.25, 0.3) is 0 Å². The minimum absolute atomic E-state index is 0.0919. The van der Waals surface area contributed by atoms with Crippen LogP contribution in [0.15, 0.2) is 30.3 Å². The summed E-state index contributed by atoms with van der Waals surface area (Å²) in [6.07, 6.45) is 1.06. The summed E-state index contributed by atoms with van der Waals surface area (Å²) in [5.41, 5.74) is -0.182. The second-order valence-electron chi connectivity index (χ2n) is 5.98. The minimum atomic E-state index is -3.47. The van der Waals surface area contributed by atoms with Crippen LogP contribution in [0.4, 0.5) is 0 Å². The van der Waals surface area contributed by atoms with Crippen molar-refractivity contribution in [3.63, 3.8) is 0 Å². The van der Waals surface area contributed by atoms with Gasteiger partial charge in [-0.05, 0) is 19.4 Å². The van der Waals surface area contributed by atoms with E-state index in [1.807, 2.05) is 30.3 Å². The standard InChI is InChI=1S/C15H19NO5S/c1-15(2)13(18)16(14(15)22(3,19)20)9-12(17)21-10-11-7-5-4-6-8-11/h4-8,14H,9-10H2,1-3H3. The van der Waals surface area contributed by atoms with Gasteiger partial charge in [0.2, 0.25) is 5.91 Å². The molecule has 1 aliphatic rings. The quantitative estimate of drug-likeness (QED) is 0.595. The summed E-state index contributed by atoms with van der Waals surface area (Å²) >= 11 is 0. The number of benzene rings is 1. The zero-order chi connectivity index (χ0) is 16.5. The van der Waals surface area contributed by atoms with Crippen LogP contribution in [-0.2, 0) is 30.8 Å². The molecular formula is C15H19NO5S. The highest BCUT2D eigenvalue weighted by molar-refractivity contribution is 7.91. The van der Waals surface area contributed by atoms with E-state index in [0.717, 1.165) is 16.7 Å². The van der Waals surface area contributed by atoms with Crippen LogP contribution in [0.1, 0.15) is 19.4 Å². The molecular weight excluding hydrogens is 306 g/mol. The van der Waals surface area contributed by atoms with Crippen LogP contribution >= 0.6 is 0 Å². The zero-order valence-corrected chi connectivity index (χ0v) is 13.6. The number of β-lactam (4-membered cyclic amide) rings is 1. The molecule has 1 aromatic rings. The topological polar surface area (TPSA) is 80.8 Å². The van der Waals surface area contributed by atoms with Crippen molar-refractivity contribution in [2.45, 2.75) is 25.8 Å². The van der Waals surface area contributed by atoms with E-state index in [0.29, 0.717) is 0 Å². The van der Waals surface area contributed by atoms with Gasteiger partial charge in [0.15, 0.2) is 9.84 Å². The number of ether oxygens (including phenoxy) is 1. The Balaban J connectivity index is 1.98. The molecule has 1 amide bonds. The van der Waals surface area contributed by atoms with Crippen LogP contribution in [-0.4, -0.2) is 43.4 Å². The Morgan fingerprint density at radius 3 is 2.41 bits per heavy atom. The van der Waals surface area contributed by atoms with Gasteiger partial charge in [-0.1, -0.05) is 30.3 Å². The average Bonchev–Trinajstić information content (AvgIpc) is 2.43. The van der Waals surface area contributed by atoms with Gasteiger partial charge in [0.05, 0.1) is 5.41 Å². The van der Waals surface area contributed by atoms with Gasteiger partial charge in [0.1, 0.15) is 18.5 Å². The number of likely N-dealkylation sites (tertiary alicyclic amines) is 1. The molecule has 1 unspecified atom stereocenters. The summed E-state index contributed by atoms with van der Waals surface area (Å²) in [4.78, 5) is 24.9. The monoisotopic (exact) mass is 325 g/mol. The highest BCUT2D eigenvalue weighted by Crippen LogP contribution is 2.41. The predicted octanol–water partition coefficient (Wildman–Crippen LogP) is 0.969. The van der Waals surface area contributed by atoms with E-state index in [-0.39, 0.29) is 19.1 Å². The molecule has 1 aromatic carbocycles. The number of hydrogen-bond donors (Lipinski definition) is 0. The SMILES string of the molecule is CC1(C)C(=O)N(CC(=O)OCc2ccccc2)C1S(C)(=O)=O. The van der Waals surface area contributed by atoms with E-state index in [4.69, 9.17) is 4.74 Å². The molecule has 2 rings (SSSR count). The fraction of sp³-hybridized carbons (Fsp3) is 0.467. The first kappa shape index (κ1) is 16.5. The van der Waals surface area contributed by atoms with Crippen molar-refractivity contribution in [1.82, 2.24) is 4.90 Å². The van der Waals surface area contributed by atoms with E-state index >= 15 is 0 Å². The fourth-order valence-electron chi connectivity index (χ4n) is 2.75. The molecule has 6 nitrogen and oxygen atoms in total. The van der Waals surface area contributed by atoms with Gasteiger partial charge in [0, 0.05) is 6.26 Å². The van der Waals surface area contributed by atoms with E-state index in [1.165, 1.54) is 0 Å². The molecule has 0 saturated carbocycles. The van der Waals surface area contributed by atoms with Crippen molar-refractivity contribution in [3.8, 4) is 0 Å². The Morgan fingerprint density at radius 1 is 1.27 bits per heavy atom. The first-order chi connectivity index (χ1) is 10.1. The van der Waals surface area contributed by atoms with Gasteiger partial charge >= 0.3 is 5.97 Å². The Morgan fingerprint density at radius 2 is 1.86 bits per heavy atom. The average molecular weight is 325 g/mol. The molecule has 7 heteroatoms. The lowest BCUT2D eigenvalue weighted by atomic mass is 9.82. The molecule has 22 heavy (non-hydrogen) atoms. The molecule has 0 aromatic heterocycles. The summed E-state index contributed by atoms with van der Waals surface area (Å²) in [5, 5.41) is -0.989. The molecule has 120 valence electrons. The summed E-state index contributed by atoms with van der Waals surface area (Å²) in [6, 6.07) is 9.12. The second-order valence-corrected chi connectivity index (χ2v) is 8.09. The number of hydrogen-bond acceptors (Lipinski definition) is 5. The van der Waals surface area contributed by atoms with Gasteiger partial charge in [-0.2, -0.15) is 0 Å². The molecule has 0 spiro atoms. The van der Waals surface area contributed by atoms with Crippen molar-refractivity contribution >= 4 is 21.7 Å². The largest absolute Gasteiger partial charge is 0.459 e. The molecule has 1 saturated heterocycles. The number of carbonyl (C=O) groups excluding carboxylic acids is 2. The fourth-order valence-corrected chi connectivity index (χ4v) is 4.55. The predicted molar refractivity (Wildman–Crippen MR) is 80.4 cm³/mol. The van der Waals surface area contributed by atoms with Crippen molar-refractivity contribution in [2.24, 2.45) is 5.41 Å². The molecule has 1 atom stereocenters. The first-order valence-electron chi connectivity index (χ1n) is 6.83. The zero-order valence-electron chi connectivity index (χ0n) is 12.8. The van der Waals surface area contributed by atoms with Crippen LogP contribution in [0, 0.1) is 5.41 Å². The van der Waals surface area contributed by atoms with Crippen molar-refractivity contribution in [2.75, 3.05) is 12.8 Å². The highest BCUT2D eigenvalue weighted by Gasteiger charge is 2.59. The smallest absolute Gasteiger partial charge is 0.326 e. The maximum absolute atomic E-state index is 12.0. The Labute approximate surface area is 130 Å². The molecule has 0 radical (unpaired) electrons. The third kappa shape index (κ3) is 3.14. The number of esters is 1. The number of nitrogens with zero attached hydrogens (tertiary/aromatic N) is 1. The molecule has 1 aliphatic heterocycles. The van der Waals surface area contributed by atoms with E-state index < -0.39 is 26.6 Å². The van der Waals surface area contributed by atoms with Crippen LogP contribution in [0.5, 0.6) is 0 Å². The van der Waals surface area contributed by atoms with Crippen LogP contribution in [0.2, 0.25) is 0 Å². The second kappa shape index (κ2) is 5.72. The number of rotatable bonds is 5. The van der Waals surface area contributed by atoms with Crippen LogP contribution in [0.3, 0.4) is 0 Å². The summed E-state index contributed by atoms with van der Waals surface area (Å²) in [6.45, 7) is 2.86. The Hall–Kier alpha value is -1.89. The minimum Gasteiger partial charge on any atom is -0.459 e. The van der Waals surface area contributed by atoms with E-state index in [1.54, 1.807) is 13.8 Å². The molecule has 1 heterocycles. The Bertz CT molecular complexity index is 681. The third-order valence-corrected chi connectivity index (χ3v) is 5.32. The Kier molecular flexibility index (Phi) is 4.28. The van der Waals surface area contributed by atoms with Gasteiger partial charge in [-0.25, -0.2) is 8.42 Å². The van der Waals surface area contributed by atoms with Crippen LogP contribution < -0.4 is 0 Å². The van der Waals surface area contributed by atoms with Gasteiger partial charge in [0.25, 0.3) is 0 Å². The van der Waals surface area contributed by atoms with E-state index in [9.17, 15) is 18.0 Å². The van der Waals surface area contributed by atoms with Crippen molar-refractivity contribution in [1.29, 1.82) is 0 Å². The van der Waals surface area contributed by atoms with E-state index in [2.05, 4.69) is 0 Å². The number of sulfone groups is 1. The normalized spacial score (nSPS) is 20.4. The summed E-state index contributed by atoms with van der Waals surface area (Å²) in [7, 11) is -3.47. The first-order valence-corrected chi connectivity index (χ1v) is 8.79. The highest BCUT2D eigenvalue weighted by atomic mass is 32.2. The van der Waals surface area contributed by atoms with Gasteiger partial charge in [-0.15, -0.1) is 0 Å². The van der Waals surface area contributed by atoms with Gasteiger partial charge in [-0.3, -0.25) is 9.59 Å². The molecule has 0 aliphatic carbocycles. The van der Waals surface area contributed by atoms with Crippen molar-refractivity contribution in [3.05, 3.63) is 35.9 Å². The number of carbonyl (C=O) groups is 2. The number of amides is 1. The van der Waals surface area contributed by atoms with Gasteiger partial charge < -0.3 is 9.64 Å². The lowest BCUT2D eigenvalue weighted by Crippen LogP contribution is -2.69. The molecule has 1 fully saturated rings. The lowest BCUT2D eigenvalue weighted by Gasteiger charge is -2.50. The van der Waals surface area contributed by atoms with Crippen molar-refractivity contribution < 1.29 is 22.7 Å². The lowest BCUT2D eigenvalue weighted by molar-refractivity contribution is -0.168. The molecule has 0 bridgehead atoms. The summed E-state index contributed by atoms with van der Waals surface area (Å²) in [5.74, 6) is -0.985. The third-order valence-electron chi connectivity index (χ3n) is 3.66.